The van der Waals surface area contributed by atoms with Crippen molar-refractivity contribution >= 4 is 33.9 Å². The number of hydrogen-bond acceptors (Lipinski definition) is 9. The summed E-state index contributed by atoms with van der Waals surface area (Å²) >= 11 is 0. The third kappa shape index (κ3) is 9.18. The van der Waals surface area contributed by atoms with Gasteiger partial charge in [0.15, 0.2) is 0 Å². The molecule has 0 aliphatic rings. The molecule has 14 heteroatoms. The Kier molecular flexibility index (Phi) is 11.6. The molecule has 3 rings (SSSR count). The largest absolute Gasteiger partial charge is 0.393 e. The van der Waals surface area contributed by atoms with E-state index in [1.54, 1.807) is 18.2 Å². The molecule has 3 aromatic rings. The van der Waals surface area contributed by atoms with E-state index in [0.29, 0.717) is 35.4 Å². The molecule has 0 radical (unpaired) electrons. The van der Waals surface area contributed by atoms with Crippen molar-refractivity contribution in [1.29, 1.82) is 0 Å². The monoisotopic (exact) mass is 562 g/mol. The molecule has 1 amide bonds. The fraction of sp³-hybridized carbons (Fsp3) is 0.440. The first-order valence-corrected chi connectivity index (χ1v) is 14.3. The number of allylic oxidation sites excluding steroid dienone is 1. The number of hydrogen-bond donors (Lipinski definition) is 3. The van der Waals surface area contributed by atoms with Gasteiger partial charge in [-0.2, -0.15) is 5.21 Å². The molecule has 0 aliphatic heterocycles. The second kappa shape index (κ2) is 14.4. The molecule has 2 heterocycles. The molecule has 0 spiro atoms. The van der Waals surface area contributed by atoms with Crippen LogP contribution in [0.3, 0.4) is 0 Å². The number of carbonyl (C=O) groups excluding carboxylic acids is 1. The van der Waals surface area contributed by atoms with Gasteiger partial charge in [0.25, 0.3) is 5.95 Å². The first-order chi connectivity index (χ1) is 18.5. The number of carbonyl (C=O) groups is 1. The van der Waals surface area contributed by atoms with Crippen molar-refractivity contribution in [2.75, 3.05) is 22.9 Å². The number of nitrogens with one attached hydrogen (secondary N) is 2. The second-order valence-electron chi connectivity index (χ2n) is 8.68. The van der Waals surface area contributed by atoms with Crippen molar-refractivity contribution < 1.29 is 22.7 Å². The van der Waals surface area contributed by atoms with Gasteiger partial charge in [0.2, 0.25) is 21.9 Å². The fourth-order valence-electron chi connectivity index (χ4n) is 3.39. The molecule has 0 saturated heterocycles. The van der Waals surface area contributed by atoms with Crippen LogP contribution in [0.15, 0.2) is 30.3 Å². The molecule has 1 aromatic carbocycles. The predicted octanol–water partition coefficient (Wildman–Crippen LogP) is 3.52. The Balaban J connectivity index is 0.00000260. The number of sulfonamides is 1. The predicted molar refractivity (Wildman–Crippen MR) is 148 cm³/mol. The van der Waals surface area contributed by atoms with Gasteiger partial charge in [-0.3, -0.25) is 10.1 Å². The van der Waals surface area contributed by atoms with Crippen LogP contribution >= 0.6 is 0 Å². The highest BCUT2D eigenvalue weighted by Gasteiger charge is 2.22. The van der Waals surface area contributed by atoms with Crippen LogP contribution in [0.25, 0.3) is 17.3 Å². The SMILES string of the molecule is CC.CC(C)c1nc(N(C)S(C)(=O)=O)nc(-c2ccc(F)cc2)c1/C=C/CCC(O)CC(=O)Nc1nn[nH]n1. The summed E-state index contributed by atoms with van der Waals surface area (Å²) in [6.45, 7) is 7.84. The normalized spacial score (nSPS) is 12.2. The number of nitrogens with zero attached hydrogens (tertiary/aromatic N) is 6. The van der Waals surface area contributed by atoms with Crippen molar-refractivity contribution in [3.8, 4) is 11.3 Å². The van der Waals surface area contributed by atoms with E-state index in [1.165, 1.54) is 19.2 Å². The number of aromatic amines is 1. The number of H-pyrrole nitrogens is 1. The molecule has 1 unspecified atom stereocenters. The average Bonchev–Trinajstić information content (AvgIpc) is 3.39. The van der Waals surface area contributed by atoms with E-state index in [2.05, 4.69) is 35.9 Å². The maximum atomic E-state index is 13.6. The van der Waals surface area contributed by atoms with Crippen LogP contribution in [0.2, 0.25) is 0 Å². The molecule has 3 N–H and O–H groups in total. The lowest BCUT2D eigenvalue weighted by molar-refractivity contribution is -0.118. The topological polar surface area (TPSA) is 167 Å². The maximum Gasteiger partial charge on any atom is 0.269 e. The summed E-state index contributed by atoms with van der Waals surface area (Å²) in [5, 5.41) is 25.5. The van der Waals surface area contributed by atoms with Gasteiger partial charge in [-0.15, -0.1) is 5.10 Å². The molecular formula is C25H35FN8O4S. The molecule has 39 heavy (non-hydrogen) atoms. The Morgan fingerprint density at radius 3 is 2.44 bits per heavy atom. The molecule has 0 aliphatic carbocycles. The van der Waals surface area contributed by atoms with E-state index in [1.807, 2.05) is 33.8 Å². The van der Waals surface area contributed by atoms with E-state index in [9.17, 15) is 22.7 Å². The van der Waals surface area contributed by atoms with Gasteiger partial charge in [0.1, 0.15) is 5.82 Å². The summed E-state index contributed by atoms with van der Waals surface area (Å²) in [6.07, 6.45) is 4.36. The summed E-state index contributed by atoms with van der Waals surface area (Å²) in [5.41, 5.74) is 2.29. The second-order valence-corrected chi connectivity index (χ2v) is 10.7. The van der Waals surface area contributed by atoms with Crippen LogP contribution in [0.4, 0.5) is 16.3 Å². The Hall–Kier alpha value is -3.78. The molecule has 2 aromatic heterocycles. The Morgan fingerprint density at radius 1 is 1.21 bits per heavy atom. The number of aromatic nitrogens is 6. The minimum Gasteiger partial charge on any atom is -0.393 e. The third-order valence-electron chi connectivity index (χ3n) is 5.38. The van der Waals surface area contributed by atoms with E-state index in [0.717, 1.165) is 10.6 Å². The zero-order valence-electron chi connectivity index (χ0n) is 22.9. The number of aliphatic hydroxyl groups excluding tert-OH is 1. The van der Waals surface area contributed by atoms with Crippen molar-refractivity contribution in [3.63, 3.8) is 0 Å². The number of amides is 1. The van der Waals surface area contributed by atoms with Crippen LogP contribution in [-0.2, 0) is 14.8 Å². The smallest absolute Gasteiger partial charge is 0.269 e. The molecule has 0 bridgehead atoms. The van der Waals surface area contributed by atoms with Crippen LogP contribution in [0.1, 0.15) is 64.1 Å². The molecule has 212 valence electrons. The van der Waals surface area contributed by atoms with Crippen LogP contribution in [-0.4, -0.2) is 69.4 Å². The van der Waals surface area contributed by atoms with Gasteiger partial charge in [-0.1, -0.05) is 44.9 Å². The standard InChI is InChI=1S/C23H29FN8O4S.C2H6/c1-14(2)20-18(8-6-5-7-17(33)13-19(34)25-22-28-30-31-29-22)21(15-9-11-16(24)12-10-15)27-23(26-20)32(3)37(4,35)36;1-2/h6,8-12,14,17,33H,5,7,13H2,1-4H3,(H2,25,28,29,30,31,34);1-2H3/b8-6+;. The van der Waals surface area contributed by atoms with Gasteiger partial charge in [0, 0.05) is 18.2 Å². The van der Waals surface area contributed by atoms with Gasteiger partial charge in [-0.25, -0.2) is 27.1 Å². The number of rotatable bonds is 11. The first kappa shape index (κ1) is 31.4. The van der Waals surface area contributed by atoms with Crippen LogP contribution in [0.5, 0.6) is 0 Å². The first-order valence-electron chi connectivity index (χ1n) is 12.5. The Labute approximate surface area is 227 Å². The summed E-state index contributed by atoms with van der Waals surface area (Å²) in [7, 11) is -2.25. The lowest BCUT2D eigenvalue weighted by Gasteiger charge is -2.20. The fourth-order valence-corrected chi connectivity index (χ4v) is 3.77. The number of halogens is 1. The number of tetrazole rings is 1. The van der Waals surface area contributed by atoms with Crippen molar-refractivity contribution in [3.05, 3.63) is 47.4 Å². The van der Waals surface area contributed by atoms with Crippen molar-refractivity contribution in [2.24, 2.45) is 0 Å². The van der Waals surface area contributed by atoms with Gasteiger partial charge < -0.3 is 5.11 Å². The third-order valence-corrected chi connectivity index (χ3v) is 6.53. The summed E-state index contributed by atoms with van der Waals surface area (Å²) in [6, 6.07) is 5.73. The van der Waals surface area contributed by atoms with Crippen LogP contribution < -0.4 is 9.62 Å². The number of aliphatic hydroxyl groups is 1. The molecule has 12 nitrogen and oxygen atoms in total. The summed E-state index contributed by atoms with van der Waals surface area (Å²) < 4.78 is 38.9. The highest BCUT2D eigenvalue weighted by molar-refractivity contribution is 7.92. The zero-order chi connectivity index (χ0) is 29.2. The van der Waals surface area contributed by atoms with E-state index in [4.69, 9.17) is 0 Å². The van der Waals surface area contributed by atoms with Crippen LogP contribution in [0, 0.1) is 5.82 Å². The highest BCUT2D eigenvalue weighted by atomic mass is 32.2. The van der Waals surface area contributed by atoms with E-state index in [-0.39, 0.29) is 24.2 Å². The summed E-state index contributed by atoms with van der Waals surface area (Å²) in [4.78, 5) is 21.0. The van der Waals surface area contributed by atoms with Gasteiger partial charge in [-0.05, 0) is 48.2 Å². The quantitative estimate of drug-likeness (QED) is 0.317. The molecule has 0 saturated carbocycles. The minimum atomic E-state index is -3.62. The lowest BCUT2D eigenvalue weighted by atomic mass is 9.97. The zero-order valence-corrected chi connectivity index (χ0v) is 23.7. The highest BCUT2D eigenvalue weighted by Crippen LogP contribution is 2.31. The number of benzene rings is 1. The Bertz CT molecular complexity index is 1350. The van der Waals surface area contributed by atoms with Gasteiger partial charge in [0.05, 0.1) is 30.2 Å². The van der Waals surface area contributed by atoms with Crippen molar-refractivity contribution in [2.45, 2.75) is 59.0 Å². The lowest BCUT2D eigenvalue weighted by Crippen LogP contribution is -2.27. The molecular weight excluding hydrogens is 527 g/mol. The maximum absolute atomic E-state index is 13.6. The molecule has 1 atom stereocenters. The minimum absolute atomic E-state index is 0.00529. The molecule has 0 fully saturated rings. The van der Waals surface area contributed by atoms with E-state index >= 15 is 0 Å². The van der Waals surface area contributed by atoms with Gasteiger partial charge >= 0.3 is 0 Å². The van der Waals surface area contributed by atoms with E-state index < -0.39 is 27.9 Å². The summed E-state index contributed by atoms with van der Waals surface area (Å²) in [5.74, 6) is -0.919. The van der Waals surface area contributed by atoms with Crippen molar-refractivity contribution in [1.82, 2.24) is 30.6 Å². The average molecular weight is 563 g/mol. The Morgan fingerprint density at radius 2 is 1.87 bits per heavy atom. The number of anilines is 2.